The lowest BCUT2D eigenvalue weighted by atomic mass is 10.2. The van der Waals surface area contributed by atoms with Gasteiger partial charge in [-0.3, -0.25) is 9.59 Å². The molecule has 0 aliphatic carbocycles. The van der Waals surface area contributed by atoms with E-state index in [0.29, 0.717) is 24.4 Å². The van der Waals surface area contributed by atoms with Crippen molar-refractivity contribution in [2.45, 2.75) is 19.4 Å². The van der Waals surface area contributed by atoms with Gasteiger partial charge in [-0.1, -0.05) is 0 Å². The summed E-state index contributed by atoms with van der Waals surface area (Å²) in [7, 11) is 1.74. The molecular weight excluding hydrogens is 352 g/mol. The summed E-state index contributed by atoms with van der Waals surface area (Å²) in [5.74, 6) is -1.23. The second kappa shape index (κ2) is 7.40. The Hall–Kier alpha value is -3.49. The number of aryl methyl sites for hydroxylation is 1. The average molecular weight is 370 g/mol. The van der Waals surface area contributed by atoms with E-state index in [1.54, 1.807) is 37.1 Å². The molecule has 1 aromatic carbocycles. The number of likely N-dealkylation sites (N-methyl/N-ethyl adjacent to an activating group) is 1. The largest absolute Gasteiger partial charge is 0.481 e. The Labute approximate surface area is 155 Å². The molecule has 2 N–H and O–H groups in total. The third kappa shape index (κ3) is 4.02. The van der Waals surface area contributed by atoms with Gasteiger partial charge in [-0.2, -0.15) is 0 Å². The number of carbonyl (C=O) groups excluding carboxylic acids is 2. The van der Waals surface area contributed by atoms with Crippen LogP contribution < -0.4 is 10.1 Å². The summed E-state index contributed by atoms with van der Waals surface area (Å²) in [6.45, 7) is 2.46. The number of aromatic nitrogens is 2. The molecule has 0 saturated carbocycles. The summed E-state index contributed by atoms with van der Waals surface area (Å²) >= 11 is 0. The van der Waals surface area contributed by atoms with Gasteiger partial charge in [-0.25, -0.2) is 14.8 Å². The lowest BCUT2D eigenvalue weighted by Crippen LogP contribution is -2.29. The van der Waals surface area contributed by atoms with Gasteiger partial charge in [0, 0.05) is 25.7 Å². The minimum atomic E-state index is -1.21. The fourth-order valence-corrected chi connectivity index (χ4v) is 2.66. The van der Waals surface area contributed by atoms with E-state index < -0.39 is 18.0 Å². The molecule has 0 spiro atoms. The Balaban J connectivity index is 1.67. The van der Waals surface area contributed by atoms with Crippen molar-refractivity contribution in [1.82, 2.24) is 14.9 Å². The Morgan fingerprint density at radius 3 is 2.52 bits per heavy atom. The molecule has 2 amide bonds. The zero-order valence-electron chi connectivity index (χ0n) is 14.8. The highest BCUT2D eigenvalue weighted by atomic mass is 16.5. The first-order valence-electron chi connectivity index (χ1n) is 8.24. The van der Waals surface area contributed by atoms with Gasteiger partial charge < -0.3 is 20.1 Å². The molecule has 140 valence electrons. The molecule has 9 nitrogen and oxygen atoms in total. The molecule has 1 unspecified atom stereocenters. The molecule has 0 bridgehead atoms. The number of nitrogens with one attached hydrogen (secondary N) is 1. The SMILES string of the molecule is Cc1cc(OC2CCN(C)C2=O)ccc1NC(=O)c1cnc(C(=O)O)cn1. The molecule has 1 atom stereocenters. The molecule has 0 radical (unpaired) electrons. The van der Waals surface area contributed by atoms with Gasteiger partial charge >= 0.3 is 5.97 Å². The van der Waals surface area contributed by atoms with Crippen LogP contribution in [0, 0.1) is 6.92 Å². The van der Waals surface area contributed by atoms with Crippen LogP contribution >= 0.6 is 0 Å². The van der Waals surface area contributed by atoms with Crippen LogP contribution in [0.25, 0.3) is 0 Å². The molecule has 3 rings (SSSR count). The van der Waals surface area contributed by atoms with E-state index in [4.69, 9.17) is 9.84 Å². The smallest absolute Gasteiger partial charge is 0.356 e. The number of hydrogen-bond donors (Lipinski definition) is 2. The Morgan fingerprint density at radius 1 is 1.26 bits per heavy atom. The van der Waals surface area contributed by atoms with Gasteiger partial charge in [-0.05, 0) is 30.7 Å². The number of aromatic carboxylic acids is 1. The Kier molecular flexibility index (Phi) is 5.02. The van der Waals surface area contributed by atoms with Crippen LogP contribution in [-0.4, -0.2) is 57.5 Å². The van der Waals surface area contributed by atoms with E-state index in [1.165, 1.54) is 0 Å². The molecule has 1 saturated heterocycles. The maximum Gasteiger partial charge on any atom is 0.356 e. The van der Waals surface area contributed by atoms with Gasteiger partial charge in [0.25, 0.3) is 11.8 Å². The van der Waals surface area contributed by atoms with Gasteiger partial charge in [0.05, 0.1) is 12.4 Å². The maximum absolute atomic E-state index is 12.2. The van der Waals surface area contributed by atoms with Gasteiger partial charge in [0.2, 0.25) is 0 Å². The van der Waals surface area contributed by atoms with Gasteiger partial charge in [0.15, 0.2) is 11.8 Å². The first-order chi connectivity index (χ1) is 12.8. The molecule has 2 heterocycles. The zero-order chi connectivity index (χ0) is 19.6. The number of carboxylic acids is 1. The topological polar surface area (TPSA) is 122 Å². The molecule has 1 fully saturated rings. The Morgan fingerprint density at radius 2 is 1.96 bits per heavy atom. The standard InChI is InChI=1S/C18H18N4O5/c1-10-7-11(27-15-5-6-22(2)17(15)24)3-4-12(10)21-16(23)13-8-20-14(9-19-13)18(25)26/h3-4,7-9,15H,5-6H2,1-2H3,(H,21,23)(H,25,26). The summed E-state index contributed by atoms with van der Waals surface area (Å²) in [6.07, 6.45) is 2.28. The fourth-order valence-electron chi connectivity index (χ4n) is 2.66. The minimum absolute atomic E-state index is 0.000633. The van der Waals surface area contributed by atoms with E-state index >= 15 is 0 Å². The highest BCUT2D eigenvalue weighted by Crippen LogP contribution is 2.24. The number of carbonyl (C=O) groups is 3. The van der Waals surface area contributed by atoms with Crippen LogP contribution in [0.4, 0.5) is 5.69 Å². The second-order valence-corrected chi connectivity index (χ2v) is 6.18. The molecule has 9 heteroatoms. The van der Waals surface area contributed by atoms with Crippen LogP contribution in [0.5, 0.6) is 5.75 Å². The summed E-state index contributed by atoms with van der Waals surface area (Å²) in [4.78, 5) is 44.0. The molecule has 1 aromatic heterocycles. The van der Waals surface area contributed by atoms with E-state index in [9.17, 15) is 14.4 Å². The van der Waals surface area contributed by atoms with E-state index in [1.807, 2.05) is 0 Å². The number of ether oxygens (including phenoxy) is 1. The van der Waals surface area contributed by atoms with Gasteiger partial charge in [-0.15, -0.1) is 0 Å². The van der Waals surface area contributed by atoms with E-state index in [0.717, 1.165) is 18.0 Å². The van der Waals surface area contributed by atoms with Crippen molar-refractivity contribution < 1.29 is 24.2 Å². The van der Waals surface area contributed by atoms with Crippen molar-refractivity contribution >= 4 is 23.5 Å². The predicted octanol–water partition coefficient (Wildman–Crippen LogP) is 1.35. The number of nitrogens with zero attached hydrogens (tertiary/aromatic N) is 3. The number of amides is 2. The fraction of sp³-hybridized carbons (Fsp3) is 0.278. The summed E-state index contributed by atoms with van der Waals surface area (Å²) in [6, 6.07) is 5.08. The van der Waals surface area contributed by atoms with Crippen LogP contribution in [0.3, 0.4) is 0 Å². The number of anilines is 1. The van der Waals surface area contributed by atoms with Crippen LogP contribution in [0.15, 0.2) is 30.6 Å². The average Bonchev–Trinajstić information content (AvgIpc) is 2.96. The van der Waals surface area contributed by atoms with Crippen molar-refractivity contribution in [2.75, 3.05) is 18.9 Å². The number of hydrogen-bond acceptors (Lipinski definition) is 6. The first-order valence-corrected chi connectivity index (χ1v) is 8.24. The van der Waals surface area contributed by atoms with Crippen molar-refractivity contribution in [1.29, 1.82) is 0 Å². The third-order valence-electron chi connectivity index (χ3n) is 4.21. The lowest BCUT2D eigenvalue weighted by molar-refractivity contribution is -0.132. The number of carboxylic acid groups (broad SMARTS) is 1. The first kappa shape index (κ1) is 18.3. The highest BCUT2D eigenvalue weighted by molar-refractivity contribution is 6.03. The molecule has 1 aliphatic heterocycles. The van der Waals surface area contributed by atoms with Crippen molar-refractivity contribution in [3.05, 3.63) is 47.5 Å². The number of rotatable bonds is 5. The second-order valence-electron chi connectivity index (χ2n) is 6.18. The number of benzene rings is 1. The molecule has 1 aliphatic rings. The van der Waals surface area contributed by atoms with Crippen LogP contribution in [-0.2, 0) is 4.79 Å². The number of likely N-dealkylation sites (tertiary alicyclic amines) is 1. The van der Waals surface area contributed by atoms with Crippen molar-refractivity contribution in [3.63, 3.8) is 0 Å². The quantitative estimate of drug-likeness (QED) is 0.814. The van der Waals surface area contributed by atoms with Crippen molar-refractivity contribution in [2.24, 2.45) is 0 Å². The minimum Gasteiger partial charge on any atom is -0.481 e. The summed E-state index contributed by atoms with van der Waals surface area (Å²) in [5, 5.41) is 11.5. The summed E-state index contributed by atoms with van der Waals surface area (Å²) in [5.41, 5.74) is 1.05. The van der Waals surface area contributed by atoms with Crippen molar-refractivity contribution in [3.8, 4) is 5.75 Å². The normalized spacial score (nSPS) is 16.3. The summed E-state index contributed by atoms with van der Waals surface area (Å²) < 4.78 is 5.74. The molecular formula is C18H18N4O5. The molecule has 2 aromatic rings. The van der Waals surface area contributed by atoms with E-state index in [-0.39, 0.29) is 17.3 Å². The monoisotopic (exact) mass is 370 g/mol. The van der Waals surface area contributed by atoms with Crippen LogP contribution in [0.2, 0.25) is 0 Å². The molecule has 27 heavy (non-hydrogen) atoms. The zero-order valence-corrected chi connectivity index (χ0v) is 14.8. The Bertz CT molecular complexity index is 897. The van der Waals surface area contributed by atoms with E-state index in [2.05, 4.69) is 15.3 Å². The van der Waals surface area contributed by atoms with Gasteiger partial charge in [0.1, 0.15) is 11.4 Å². The maximum atomic E-state index is 12.2. The highest BCUT2D eigenvalue weighted by Gasteiger charge is 2.30. The lowest BCUT2D eigenvalue weighted by Gasteiger charge is -2.15. The predicted molar refractivity (Wildman–Crippen MR) is 94.8 cm³/mol. The third-order valence-corrected chi connectivity index (χ3v) is 4.21. The van der Waals surface area contributed by atoms with Crippen LogP contribution in [0.1, 0.15) is 33.0 Å².